The summed E-state index contributed by atoms with van der Waals surface area (Å²) in [5, 5.41) is 3.33. The Balaban J connectivity index is 0.00000162. The molecular weight excluding hydrogens is 252 g/mol. The maximum Gasteiger partial charge on any atom is 0.231 e. The Bertz CT molecular complexity index is 275. The largest absolute Gasteiger partial charge is 0.384 e. The number of halogens is 1. The van der Waals surface area contributed by atoms with Crippen LogP contribution in [0.1, 0.15) is 26.2 Å². The maximum absolute atomic E-state index is 12.7. The third kappa shape index (κ3) is 3.16. The van der Waals surface area contributed by atoms with E-state index < -0.39 is 0 Å². The van der Waals surface area contributed by atoms with Crippen LogP contribution in [0.4, 0.5) is 0 Å². The molecule has 2 rings (SSSR count). The van der Waals surface area contributed by atoms with Crippen LogP contribution in [0.15, 0.2) is 0 Å². The van der Waals surface area contributed by atoms with Crippen molar-refractivity contribution in [1.82, 2.24) is 10.2 Å². The molecule has 1 atom stereocenters. The Kier molecular flexibility index (Phi) is 5.89. The molecule has 0 aromatic heterocycles. The van der Waals surface area contributed by atoms with Gasteiger partial charge in [0.05, 0.1) is 12.0 Å². The quantitative estimate of drug-likeness (QED) is 0.845. The predicted octanol–water partition coefficient (Wildman–Crippen LogP) is 1.29. The van der Waals surface area contributed by atoms with Gasteiger partial charge in [-0.1, -0.05) is 6.92 Å². The van der Waals surface area contributed by atoms with E-state index >= 15 is 0 Å². The second-order valence-electron chi connectivity index (χ2n) is 5.61. The minimum Gasteiger partial charge on any atom is -0.384 e. The van der Waals surface area contributed by atoms with Gasteiger partial charge in [-0.15, -0.1) is 12.4 Å². The number of methoxy groups -OCH3 is 1. The zero-order chi connectivity index (χ0) is 12.3. The first kappa shape index (κ1) is 15.7. The summed E-state index contributed by atoms with van der Waals surface area (Å²) in [6, 6.07) is 0. The van der Waals surface area contributed by atoms with Gasteiger partial charge in [0, 0.05) is 20.2 Å². The van der Waals surface area contributed by atoms with Gasteiger partial charge in [0.1, 0.15) is 0 Å². The molecule has 18 heavy (non-hydrogen) atoms. The van der Waals surface area contributed by atoms with Crippen LogP contribution in [-0.2, 0) is 9.53 Å². The third-order valence-corrected chi connectivity index (χ3v) is 4.15. The van der Waals surface area contributed by atoms with Crippen molar-refractivity contribution in [3.05, 3.63) is 0 Å². The summed E-state index contributed by atoms with van der Waals surface area (Å²) < 4.78 is 5.32. The van der Waals surface area contributed by atoms with Crippen molar-refractivity contribution >= 4 is 18.3 Å². The first-order valence-electron chi connectivity index (χ1n) is 6.67. The number of nitrogens with zero attached hydrogens (tertiary/aromatic N) is 1. The number of ether oxygens (including phenoxy) is 1. The van der Waals surface area contributed by atoms with Gasteiger partial charge in [-0.25, -0.2) is 0 Å². The maximum atomic E-state index is 12.7. The minimum atomic E-state index is -0.260. The molecule has 5 heteroatoms. The molecule has 2 saturated heterocycles. The second kappa shape index (κ2) is 6.73. The lowest BCUT2D eigenvalue weighted by molar-refractivity contribution is -0.146. The van der Waals surface area contributed by atoms with Gasteiger partial charge < -0.3 is 15.0 Å². The number of nitrogens with one attached hydrogen (secondary N) is 1. The fraction of sp³-hybridized carbons (Fsp3) is 0.923. The van der Waals surface area contributed by atoms with Crippen LogP contribution < -0.4 is 5.32 Å². The number of rotatable bonds is 3. The minimum absolute atomic E-state index is 0. The summed E-state index contributed by atoms with van der Waals surface area (Å²) >= 11 is 0. The lowest BCUT2D eigenvalue weighted by Gasteiger charge is -2.38. The summed E-state index contributed by atoms with van der Waals surface area (Å²) in [5.74, 6) is 0.977. The van der Waals surface area contributed by atoms with E-state index in [2.05, 4.69) is 17.1 Å². The van der Waals surface area contributed by atoms with Crippen LogP contribution in [0.2, 0.25) is 0 Å². The van der Waals surface area contributed by atoms with Crippen LogP contribution in [0.5, 0.6) is 0 Å². The van der Waals surface area contributed by atoms with E-state index in [1.807, 2.05) is 0 Å². The van der Waals surface area contributed by atoms with Crippen LogP contribution in [0.25, 0.3) is 0 Å². The summed E-state index contributed by atoms with van der Waals surface area (Å²) in [4.78, 5) is 14.7. The molecule has 0 saturated carbocycles. The SMILES string of the molecule is COCC1(C(=O)N2CCC(C)C2)CCNCC1.Cl. The average molecular weight is 277 g/mol. The number of carbonyl (C=O) groups excluding carboxylic acids is 1. The van der Waals surface area contributed by atoms with E-state index in [0.717, 1.165) is 45.4 Å². The highest BCUT2D eigenvalue weighted by atomic mass is 35.5. The van der Waals surface area contributed by atoms with Crippen molar-refractivity contribution in [3.8, 4) is 0 Å². The number of likely N-dealkylation sites (tertiary alicyclic amines) is 1. The molecule has 1 N–H and O–H groups in total. The Hall–Kier alpha value is -0.320. The molecule has 1 unspecified atom stereocenters. The standard InChI is InChI=1S/C13H24N2O2.ClH/c1-11-3-8-15(9-11)12(16)13(10-17-2)4-6-14-7-5-13;/h11,14H,3-10H2,1-2H3;1H. The molecule has 2 fully saturated rings. The molecule has 2 heterocycles. The highest BCUT2D eigenvalue weighted by Crippen LogP contribution is 2.33. The van der Waals surface area contributed by atoms with Gasteiger partial charge in [-0.2, -0.15) is 0 Å². The molecule has 0 aromatic rings. The van der Waals surface area contributed by atoms with Crippen molar-refractivity contribution in [3.63, 3.8) is 0 Å². The highest BCUT2D eigenvalue weighted by molar-refractivity contribution is 5.85. The summed E-state index contributed by atoms with van der Waals surface area (Å²) in [6.45, 7) is 6.50. The lowest BCUT2D eigenvalue weighted by atomic mass is 9.78. The van der Waals surface area contributed by atoms with Crippen molar-refractivity contribution in [1.29, 1.82) is 0 Å². The molecule has 0 spiro atoms. The first-order chi connectivity index (χ1) is 8.18. The number of hydrogen-bond acceptors (Lipinski definition) is 3. The van der Waals surface area contributed by atoms with Gasteiger partial charge in [0.15, 0.2) is 0 Å². The number of amides is 1. The molecule has 0 aromatic carbocycles. The average Bonchev–Trinajstić information content (AvgIpc) is 2.76. The molecule has 0 bridgehead atoms. The fourth-order valence-corrected chi connectivity index (χ4v) is 3.06. The van der Waals surface area contributed by atoms with E-state index in [1.54, 1.807) is 7.11 Å². The van der Waals surface area contributed by atoms with Crippen LogP contribution >= 0.6 is 12.4 Å². The van der Waals surface area contributed by atoms with Gasteiger partial charge in [0.25, 0.3) is 0 Å². The Morgan fingerprint density at radius 2 is 2.11 bits per heavy atom. The van der Waals surface area contributed by atoms with Gasteiger partial charge >= 0.3 is 0 Å². The Morgan fingerprint density at radius 1 is 1.44 bits per heavy atom. The molecule has 4 nitrogen and oxygen atoms in total. The predicted molar refractivity (Wildman–Crippen MR) is 74.0 cm³/mol. The summed E-state index contributed by atoms with van der Waals surface area (Å²) in [6.07, 6.45) is 2.96. The van der Waals surface area contributed by atoms with Crippen LogP contribution in [0, 0.1) is 11.3 Å². The first-order valence-corrected chi connectivity index (χ1v) is 6.67. The van der Waals surface area contributed by atoms with Crippen LogP contribution in [-0.4, -0.2) is 50.7 Å². The van der Waals surface area contributed by atoms with E-state index in [-0.39, 0.29) is 17.8 Å². The van der Waals surface area contributed by atoms with Gasteiger partial charge in [-0.3, -0.25) is 4.79 Å². The lowest BCUT2D eigenvalue weighted by Crippen LogP contribution is -2.51. The molecule has 2 aliphatic rings. The smallest absolute Gasteiger partial charge is 0.231 e. The zero-order valence-corrected chi connectivity index (χ0v) is 12.2. The van der Waals surface area contributed by atoms with Gasteiger partial charge in [0.2, 0.25) is 5.91 Å². The number of hydrogen-bond donors (Lipinski definition) is 1. The van der Waals surface area contributed by atoms with Crippen molar-refractivity contribution in [2.45, 2.75) is 26.2 Å². The topological polar surface area (TPSA) is 41.6 Å². The van der Waals surface area contributed by atoms with Crippen LogP contribution in [0.3, 0.4) is 0 Å². The summed E-state index contributed by atoms with van der Waals surface area (Å²) in [7, 11) is 1.70. The Morgan fingerprint density at radius 3 is 2.61 bits per heavy atom. The third-order valence-electron chi connectivity index (χ3n) is 4.15. The molecule has 2 aliphatic heterocycles. The highest BCUT2D eigenvalue weighted by Gasteiger charge is 2.43. The number of piperidine rings is 1. The van der Waals surface area contributed by atoms with Crippen molar-refractivity contribution in [2.75, 3.05) is 39.9 Å². The van der Waals surface area contributed by atoms with E-state index in [4.69, 9.17) is 4.74 Å². The molecule has 0 radical (unpaired) electrons. The fourth-order valence-electron chi connectivity index (χ4n) is 3.06. The zero-order valence-electron chi connectivity index (χ0n) is 11.4. The normalized spacial score (nSPS) is 26.8. The number of carbonyl (C=O) groups is 1. The monoisotopic (exact) mass is 276 g/mol. The molecule has 0 aliphatic carbocycles. The van der Waals surface area contributed by atoms with Crippen molar-refractivity contribution in [2.24, 2.45) is 11.3 Å². The van der Waals surface area contributed by atoms with Crippen molar-refractivity contribution < 1.29 is 9.53 Å². The second-order valence-corrected chi connectivity index (χ2v) is 5.61. The molecule has 1 amide bonds. The summed E-state index contributed by atoms with van der Waals surface area (Å²) in [5.41, 5.74) is -0.260. The van der Waals surface area contributed by atoms with Gasteiger partial charge in [-0.05, 0) is 38.3 Å². The van der Waals surface area contributed by atoms with E-state index in [1.165, 1.54) is 0 Å². The van der Waals surface area contributed by atoms with E-state index in [0.29, 0.717) is 18.4 Å². The Labute approximate surface area is 116 Å². The molecule has 106 valence electrons. The molecular formula is C13H25ClN2O2. The van der Waals surface area contributed by atoms with E-state index in [9.17, 15) is 4.79 Å².